The van der Waals surface area contributed by atoms with Gasteiger partial charge in [0, 0.05) is 16.3 Å². The van der Waals surface area contributed by atoms with Crippen LogP contribution in [0.2, 0.25) is 10.0 Å². The van der Waals surface area contributed by atoms with Crippen molar-refractivity contribution in [3.05, 3.63) is 70.4 Å². The Hall–Kier alpha value is -2.10. The molecule has 0 fully saturated rings. The average molecular weight is 348 g/mol. The van der Waals surface area contributed by atoms with Gasteiger partial charge in [0.15, 0.2) is 0 Å². The minimum absolute atomic E-state index is 0.559. The van der Waals surface area contributed by atoms with Gasteiger partial charge in [0.25, 0.3) is 0 Å². The standard InChI is InChI=1S/C18H15Cl2NO2/c1-22-18-7-5-14(10-16(18)20)21-11-15-6-8-17(23-15)12-3-2-4-13(19)9-12/h2-10,21H,11H2,1H3. The summed E-state index contributed by atoms with van der Waals surface area (Å²) in [7, 11) is 1.59. The third kappa shape index (κ3) is 3.81. The molecule has 2 aromatic carbocycles. The minimum Gasteiger partial charge on any atom is -0.495 e. The average Bonchev–Trinajstić information content (AvgIpc) is 3.02. The van der Waals surface area contributed by atoms with Crippen LogP contribution in [0.5, 0.6) is 5.75 Å². The molecule has 23 heavy (non-hydrogen) atoms. The first-order chi connectivity index (χ1) is 11.2. The molecule has 0 radical (unpaired) electrons. The zero-order valence-corrected chi connectivity index (χ0v) is 14.0. The van der Waals surface area contributed by atoms with Gasteiger partial charge in [-0.1, -0.05) is 35.3 Å². The summed E-state index contributed by atoms with van der Waals surface area (Å²) in [6.45, 7) is 0.559. The SMILES string of the molecule is COc1ccc(NCc2ccc(-c3cccc(Cl)c3)o2)cc1Cl. The number of ether oxygens (including phenoxy) is 1. The van der Waals surface area contributed by atoms with Crippen molar-refractivity contribution in [3.63, 3.8) is 0 Å². The number of hydrogen-bond acceptors (Lipinski definition) is 3. The van der Waals surface area contributed by atoms with Crippen molar-refractivity contribution in [2.45, 2.75) is 6.54 Å². The van der Waals surface area contributed by atoms with Gasteiger partial charge in [-0.25, -0.2) is 0 Å². The van der Waals surface area contributed by atoms with E-state index in [4.69, 9.17) is 32.4 Å². The number of benzene rings is 2. The van der Waals surface area contributed by atoms with Gasteiger partial charge in [-0.05, 0) is 42.5 Å². The number of rotatable bonds is 5. The van der Waals surface area contributed by atoms with Gasteiger partial charge >= 0.3 is 0 Å². The third-order valence-corrected chi connectivity index (χ3v) is 3.92. The lowest BCUT2D eigenvalue weighted by atomic mass is 10.2. The summed E-state index contributed by atoms with van der Waals surface area (Å²) in [6, 6.07) is 17.0. The quantitative estimate of drug-likeness (QED) is 0.626. The fourth-order valence-corrected chi connectivity index (χ4v) is 2.68. The highest BCUT2D eigenvalue weighted by Gasteiger charge is 2.06. The van der Waals surface area contributed by atoms with Crippen LogP contribution in [0.1, 0.15) is 5.76 Å². The summed E-state index contributed by atoms with van der Waals surface area (Å²) in [5.41, 5.74) is 1.85. The molecule has 0 atom stereocenters. The third-order valence-electron chi connectivity index (χ3n) is 3.39. The highest BCUT2D eigenvalue weighted by molar-refractivity contribution is 6.32. The van der Waals surface area contributed by atoms with Crippen molar-refractivity contribution < 1.29 is 9.15 Å². The monoisotopic (exact) mass is 347 g/mol. The van der Waals surface area contributed by atoms with E-state index >= 15 is 0 Å². The second kappa shape index (κ2) is 6.99. The Labute approximate surface area is 144 Å². The van der Waals surface area contributed by atoms with E-state index in [2.05, 4.69) is 5.32 Å². The van der Waals surface area contributed by atoms with Crippen molar-refractivity contribution in [1.29, 1.82) is 0 Å². The molecule has 0 saturated carbocycles. The lowest BCUT2D eigenvalue weighted by molar-refractivity contribution is 0.415. The van der Waals surface area contributed by atoms with Crippen molar-refractivity contribution >= 4 is 28.9 Å². The first kappa shape index (κ1) is 15.8. The normalized spacial score (nSPS) is 10.6. The summed E-state index contributed by atoms with van der Waals surface area (Å²) in [5.74, 6) is 2.27. The molecule has 0 amide bonds. The molecule has 3 rings (SSSR count). The number of halogens is 2. The van der Waals surface area contributed by atoms with Crippen LogP contribution in [0.25, 0.3) is 11.3 Å². The molecular weight excluding hydrogens is 333 g/mol. The number of nitrogens with one attached hydrogen (secondary N) is 1. The van der Waals surface area contributed by atoms with E-state index in [0.717, 1.165) is 22.8 Å². The fourth-order valence-electron chi connectivity index (χ4n) is 2.24. The van der Waals surface area contributed by atoms with Crippen molar-refractivity contribution in [1.82, 2.24) is 0 Å². The first-order valence-corrected chi connectivity index (χ1v) is 7.83. The number of anilines is 1. The van der Waals surface area contributed by atoms with Gasteiger partial charge < -0.3 is 14.5 Å². The van der Waals surface area contributed by atoms with E-state index < -0.39 is 0 Å². The molecule has 0 spiro atoms. The lowest BCUT2D eigenvalue weighted by Crippen LogP contribution is -1.98. The van der Waals surface area contributed by atoms with E-state index in [-0.39, 0.29) is 0 Å². The van der Waals surface area contributed by atoms with Crippen LogP contribution < -0.4 is 10.1 Å². The maximum atomic E-state index is 6.11. The topological polar surface area (TPSA) is 34.4 Å². The Morgan fingerprint density at radius 3 is 2.65 bits per heavy atom. The van der Waals surface area contributed by atoms with Crippen LogP contribution in [0.4, 0.5) is 5.69 Å². The summed E-state index contributed by atoms with van der Waals surface area (Å²) in [6.07, 6.45) is 0. The predicted octanol–water partition coefficient (Wildman–Crippen LogP) is 5.87. The van der Waals surface area contributed by atoms with Gasteiger partial charge in [-0.3, -0.25) is 0 Å². The van der Waals surface area contributed by atoms with E-state index in [9.17, 15) is 0 Å². The Morgan fingerprint density at radius 2 is 1.91 bits per heavy atom. The summed E-state index contributed by atoms with van der Waals surface area (Å²) >= 11 is 12.1. The van der Waals surface area contributed by atoms with Gasteiger partial charge in [-0.2, -0.15) is 0 Å². The van der Waals surface area contributed by atoms with Crippen molar-refractivity contribution in [3.8, 4) is 17.1 Å². The molecule has 0 aliphatic carbocycles. The zero-order valence-electron chi connectivity index (χ0n) is 12.5. The van der Waals surface area contributed by atoms with E-state index in [0.29, 0.717) is 22.3 Å². The number of hydrogen-bond donors (Lipinski definition) is 1. The Bertz CT molecular complexity index is 814. The zero-order chi connectivity index (χ0) is 16.2. The maximum Gasteiger partial charge on any atom is 0.137 e. The fraction of sp³-hybridized carbons (Fsp3) is 0.111. The molecule has 0 bridgehead atoms. The molecule has 0 aliphatic rings. The van der Waals surface area contributed by atoms with Gasteiger partial charge in [-0.15, -0.1) is 0 Å². The highest BCUT2D eigenvalue weighted by Crippen LogP contribution is 2.28. The lowest BCUT2D eigenvalue weighted by Gasteiger charge is -2.07. The molecule has 1 aromatic heterocycles. The molecular formula is C18H15Cl2NO2. The smallest absolute Gasteiger partial charge is 0.137 e. The van der Waals surface area contributed by atoms with Crippen LogP contribution in [0.15, 0.2) is 59.0 Å². The van der Waals surface area contributed by atoms with Crippen molar-refractivity contribution in [2.24, 2.45) is 0 Å². The molecule has 5 heteroatoms. The molecule has 0 aliphatic heterocycles. The number of methoxy groups -OCH3 is 1. The second-order valence-corrected chi connectivity index (χ2v) is 5.82. The highest BCUT2D eigenvalue weighted by atomic mass is 35.5. The van der Waals surface area contributed by atoms with E-state index in [1.165, 1.54) is 0 Å². The Balaban J connectivity index is 1.69. The maximum absolute atomic E-state index is 6.11. The van der Waals surface area contributed by atoms with Crippen LogP contribution in [0.3, 0.4) is 0 Å². The molecule has 1 N–H and O–H groups in total. The largest absolute Gasteiger partial charge is 0.495 e. The molecule has 118 valence electrons. The molecule has 3 aromatic rings. The van der Waals surface area contributed by atoms with E-state index in [1.807, 2.05) is 54.6 Å². The predicted molar refractivity (Wildman–Crippen MR) is 94.5 cm³/mol. The molecule has 0 saturated heterocycles. The number of furan rings is 1. The second-order valence-electron chi connectivity index (χ2n) is 4.98. The van der Waals surface area contributed by atoms with E-state index in [1.54, 1.807) is 7.11 Å². The van der Waals surface area contributed by atoms with Crippen molar-refractivity contribution in [2.75, 3.05) is 12.4 Å². The Kier molecular flexibility index (Phi) is 4.79. The summed E-state index contributed by atoms with van der Waals surface area (Å²) in [5, 5.41) is 4.52. The molecule has 3 nitrogen and oxygen atoms in total. The van der Waals surface area contributed by atoms with Crippen LogP contribution in [-0.4, -0.2) is 7.11 Å². The van der Waals surface area contributed by atoms with Gasteiger partial charge in [0.1, 0.15) is 17.3 Å². The van der Waals surface area contributed by atoms with Gasteiger partial charge in [0.2, 0.25) is 0 Å². The summed E-state index contributed by atoms with van der Waals surface area (Å²) in [4.78, 5) is 0. The molecule has 1 heterocycles. The Morgan fingerprint density at radius 1 is 1.04 bits per heavy atom. The van der Waals surface area contributed by atoms with Crippen LogP contribution in [-0.2, 0) is 6.54 Å². The summed E-state index contributed by atoms with van der Waals surface area (Å²) < 4.78 is 11.0. The molecule has 0 unspecified atom stereocenters. The minimum atomic E-state index is 0.559. The van der Waals surface area contributed by atoms with Crippen LogP contribution >= 0.6 is 23.2 Å². The first-order valence-electron chi connectivity index (χ1n) is 7.08. The van der Waals surface area contributed by atoms with Crippen LogP contribution in [0, 0.1) is 0 Å². The van der Waals surface area contributed by atoms with Gasteiger partial charge in [0.05, 0.1) is 18.7 Å².